The zero-order valence-corrected chi connectivity index (χ0v) is 10.6. The number of nitrogens with one attached hydrogen (secondary N) is 1. The van der Waals surface area contributed by atoms with Crippen LogP contribution in [0.1, 0.15) is 51.9 Å². The minimum Gasteiger partial charge on any atom is -0.286 e. The summed E-state index contributed by atoms with van der Waals surface area (Å²) in [5.74, 6) is 0. The quantitative estimate of drug-likeness (QED) is 0.715. The molecule has 0 aromatic rings. The lowest BCUT2D eigenvalue weighted by molar-refractivity contribution is 0.500. The van der Waals surface area contributed by atoms with Crippen molar-refractivity contribution in [1.29, 1.82) is 10.5 Å². The second kappa shape index (κ2) is 7.87. The lowest BCUT2D eigenvalue weighted by Crippen LogP contribution is -2.36. The highest BCUT2D eigenvalue weighted by molar-refractivity contribution is 5.12. The van der Waals surface area contributed by atoms with Crippen molar-refractivity contribution in [2.24, 2.45) is 0 Å². The van der Waals surface area contributed by atoms with Crippen LogP contribution in [0, 0.1) is 22.7 Å². The third-order valence-electron chi connectivity index (χ3n) is 3.14. The summed E-state index contributed by atoms with van der Waals surface area (Å²) in [5, 5.41) is 21.2. The smallest absolute Gasteiger partial charge is 0.1000 e. The molecule has 0 aromatic carbocycles. The molecule has 2 atom stereocenters. The molecule has 0 radical (unpaired) electrons. The van der Waals surface area contributed by atoms with E-state index in [1.807, 2.05) is 0 Å². The Balaban J connectivity index is 2.45. The van der Waals surface area contributed by atoms with E-state index in [0.29, 0.717) is 0 Å². The van der Waals surface area contributed by atoms with Gasteiger partial charge in [-0.3, -0.25) is 5.32 Å². The van der Waals surface area contributed by atoms with Gasteiger partial charge < -0.3 is 0 Å². The molecule has 0 aromatic heterocycles. The van der Waals surface area contributed by atoms with Crippen molar-refractivity contribution < 1.29 is 0 Å². The Kier molecular flexibility index (Phi) is 6.37. The fourth-order valence-corrected chi connectivity index (χ4v) is 2.21. The van der Waals surface area contributed by atoms with Crippen LogP contribution in [0.5, 0.6) is 0 Å². The topological polar surface area (TPSA) is 59.6 Å². The van der Waals surface area contributed by atoms with Gasteiger partial charge >= 0.3 is 0 Å². The van der Waals surface area contributed by atoms with Gasteiger partial charge in [-0.1, -0.05) is 25.0 Å². The Hall–Kier alpha value is -1.32. The van der Waals surface area contributed by atoms with Crippen molar-refractivity contribution in [3.05, 3.63) is 11.6 Å². The normalized spacial score (nSPS) is 18.6. The molecule has 3 heteroatoms. The molecule has 2 unspecified atom stereocenters. The Bertz CT molecular complexity index is 332. The molecule has 92 valence electrons. The third kappa shape index (κ3) is 5.02. The van der Waals surface area contributed by atoms with E-state index in [1.54, 1.807) is 0 Å². The Morgan fingerprint density at radius 2 is 2.06 bits per heavy atom. The summed E-state index contributed by atoms with van der Waals surface area (Å²) < 4.78 is 0. The molecule has 1 rings (SSSR count). The highest BCUT2D eigenvalue weighted by atomic mass is 14.9. The second-order valence-electron chi connectivity index (χ2n) is 4.63. The average molecular weight is 231 g/mol. The fourth-order valence-electron chi connectivity index (χ4n) is 2.21. The number of hydrogen-bond acceptors (Lipinski definition) is 3. The number of hydrogen-bond donors (Lipinski definition) is 1. The Labute approximate surface area is 104 Å². The fraction of sp³-hybridized carbons (Fsp3) is 0.714. The summed E-state index contributed by atoms with van der Waals surface area (Å²) in [7, 11) is 0. The first-order chi connectivity index (χ1) is 8.30. The Morgan fingerprint density at radius 1 is 1.29 bits per heavy atom. The van der Waals surface area contributed by atoms with Crippen LogP contribution in [0.15, 0.2) is 11.6 Å². The van der Waals surface area contributed by atoms with E-state index in [1.165, 1.54) is 18.4 Å². The van der Waals surface area contributed by atoms with Gasteiger partial charge in [0.1, 0.15) is 0 Å². The average Bonchev–Trinajstić information content (AvgIpc) is 2.38. The van der Waals surface area contributed by atoms with Crippen LogP contribution in [-0.4, -0.2) is 12.1 Å². The highest BCUT2D eigenvalue weighted by Gasteiger charge is 2.16. The van der Waals surface area contributed by atoms with Crippen molar-refractivity contribution in [1.82, 2.24) is 5.32 Å². The van der Waals surface area contributed by atoms with E-state index in [2.05, 4.69) is 30.5 Å². The first kappa shape index (κ1) is 13.7. The van der Waals surface area contributed by atoms with Gasteiger partial charge in [0.15, 0.2) is 0 Å². The molecule has 1 aliphatic carbocycles. The van der Waals surface area contributed by atoms with Crippen LogP contribution < -0.4 is 5.32 Å². The zero-order chi connectivity index (χ0) is 12.5. The first-order valence-corrected chi connectivity index (χ1v) is 6.53. The van der Waals surface area contributed by atoms with Crippen LogP contribution >= 0.6 is 0 Å². The van der Waals surface area contributed by atoms with Gasteiger partial charge in [0.2, 0.25) is 0 Å². The first-order valence-electron chi connectivity index (χ1n) is 6.53. The maximum Gasteiger partial charge on any atom is 0.1000 e. The summed E-state index contributed by atoms with van der Waals surface area (Å²) in [6.07, 6.45) is 9.58. The second-order valence-corrected chi connectivity index (χ2v) is 4.63. The maximum absolute atomic E-state index is 9.12. The van der Waals surface area contributed by atoms with Gasteiger partial charge in [-0.05, 0) is 38.5 Å². The monoisotopic (exact) mass is 231 g/mol. The Morgan fingerprint density at radius 3 is 2.59 bits per heavy atom. The van der Waals surface area contributed by atoms with Crippen LogP contribution in [-0.2, 0) is 0 Å². The molecule has 0 amide bonds. The molecular formula is C14H21N3. The predicted octanol–water partition coefficient (Wildman–Crippen LogP) is 3.05. The lowest BCUT2D eigenvalue weighted by atomic mass is 9.94. The molecule has 0 saturated heterocycles. The molecule has 0 saturated carbocycles. The number of nitrogens with zero attached hydrogens (tertiary/aromatic N) is 2. The standard InChI is InChI=1S/C14H21N3/c1-2-6-13(10-15)17-14(11-16)9-12-7-4-3-5-8-12/h7,13-14,17H,2-6,8-9H2,1H3. The largest absolute Gasteiger partial charge is 0.286 e. The molecule has 1 N–H and O–H groups in total. The number of rotatable bonds is 6. The van der Waals surface area contributed by atoms with Gasteiger partial charge in [-0.25, -0.2) is 0 Å². The molecule has 1 aliphatic rings. The van der Waals surface area contributed by atoms with Crippen LogP contribution in [0.3, 0.4) is 0 Å². The molecule has 17 heavy (non-hydrogen) atoms. The minimum atomic E-state index is -0.212. The minimum absolute atomic E-state index is 0.186. The summed E-state index contributed by atoms with van der Waals surface area (Å²) in [4.78, 5) is 0. The molecule has 0 aliphatic heterocycles. The van der Waals surface area contributed by atoms with Crippen molar-refractivity contribution >= 4 is 0 Å². The highest BCUT2D eigenvalue weighted by Crippen LogP contribution is 2.21. The van der Waals surface area contributed by atoms with E-state index >= 15 is 0 Å². The van der Waals surface area contributed by atoms with Gasteiger partial charge in [0.05, 0.1) is 24.2 Å². The number of allylic oxidation sites excluding steroid dienone is 1. The summed E-state index contributed by atoms with van der Waals surface area (Å²) >= 11 is 0. The van der Waals surface area contributed by atoms with Crippen molar-refractivity contribution in [3.63, 3.8) is 0 Å². The molecule has 3 nitrogen and oxygen atoms in total. The summed E-state index contributed by atoms with van der Waals surface area (Å²) in [6.45, 7) is 2.05. The van der Waals surface area contributed by atoms with Crippen LogP contribution in [0.4, 0.5) is 0 Å². The van der Waals surface area contributed by atoms with Gasteiger partial charge in [0, 0.05) is 0 Å². The molecule has 0 fully saturated rings. The predicted molar refractivity (Wildman–Crippen MR) is 68.0 cm³/mol. The molecule has 0 bridgehead atoms. The SMILES string of the molecule is CCCC(C#N)NC(C#N)CC1=CCCCC1. The van der Waals surface area contributed by atoms with Crippen molar-refractivity contribution in [2.45, 2.75) is 64.0 Å². The van der Waals surface area contributed by atoms with E-state index in [-0.39, 0.29) is 12.1 Å². The zero-order valence-electron chi connectivity index (χ0n) is 10.6. The van der Waals surface area contributed by atoms with Gasteiger partial charge in [-0.2, -0.15) is 10.5 Å². The van der Waals surface area contributed by atoms with Gasteiger partial charge in [-0.15, -0.1) is 0 Å². The number of nitriles is 2. The van der Waals surface area contributed by atoms with Crippen LogP contribution in [0.2, 0.25) is 0 Å². The van der Waals surface area contributed by atoms with E-state index < -0.39 is 0 Å². The van der Waals surface area contributed by atoms with E-state index in [9.17, 15) is 0 Å². The lowest BCUT2D eigenvalue weighted by Gasteiger charge is -2.19. The maximum atomic E-state index is 9.12. The van der Waals surface area contributed by atoms with Gasteiger partial charge in [0.25, 0.3) is 0 Å². The van der Waals surface area contributed by atoms with E-state index in [0.717, 1.165) is 32.1 Å². The van der Waals surface area contributed by atoms with Crippen molar-refractivity contribution in [2.75, 3.05) is 0 Å². The molecule has 0 spiro atoms. The third-order valence-corrected chi connectivity index (χ3v) is 3.14. The van der Waals surface area contributed by atoms with Crippen molar-refractivity contribution in [3.8, 4) is 12.1 Å². The van der Waals surface area contributed by atoms with E-state index in [4.69, 9.17) is 10.5 Å². The molecular weight excluding hydrogens is 210 g/mol. The molecule has 0 heterocycles. The summed E-state index contributed by atoms with van der Waals surface area (Å²) in [6, 6.07) is 4.09. The summed E-state index contributed by atoms with van der Waals surface area (Å²) in [5.41, 5.74) is 1.38. The van der Waals surface area contributed by atoms with Crippen LogP contribution in [0.25, 0.3) is 0 Å².